The Hall–Kier alpha value is -0.840. The molecular formula is C6H8NO3S+. The summed E-state index contributed by atoms with van der Waals surface area (Å²) in [7, 11) is 0. The lowest BCUT2D eigenvalue weighted by atomic mass is 10.3. The lowest BCUT2D eigenvalue weighted by Crippen LogP contribution is -1.99. The molecule has 1 aliphatic carbocycles. The Kier molecular flexibility index (Phi) is 2.64. The Morgan fingerprint density at radius 1 is 1.55 bits per heavy atom. The van der Waals surface area contributed by atoms with Crippen LogP contribution < -0.4 is 0 Å². The molecule has 0 aliphatic heterocycles. The summed E-state index contributed by atoms with van der Waals surface area (Å²) in [5.41, 5.74) is 1.00. The van der Waals surface area contributed by atoms with Gasteiger partial charge in [-0.3, -0.25) is 10.1 Å². The van der Waals surface area contributed by atoms with E-state index in [1.807, 2.05) is 0 Å². The van der Waals surface area contributed by atoms with Crippen molar-refractivity contribution in [1.82, 2.24) is 0 Å². The molecule has 4 nitrogen and oxygen atoms in total. The van der Waals surface area contributed by atoms with E-state index in [0.717, 1.165) is 18.4 Å². The molecule has 60 valence electrons. The summed E-state index contributed by atoms with van der Waals surface area (Å²) in [5, 5.41) is 10.3. The van der Waals surface area contributed by atoms with Crippen molar-refractivity contribution in [3.63, 3.8) is 0 Å². The summed E-state index contributed by atoms with van der Waals surface area (Å²) in [5.74, 6) is 0.274. The van der Waals surface area contributed by atoms with Gasteiger partial charge < -0.3 is 0 Å². The molecule has 11 heavy (non-hydrogen) atoms. The normalized spacial score (nSPS) is 17.1. The number of allylic oxidation sites excluding steroid dienone is 1. The molecule has 0 amide bonds. The van der Waals surface area contributed by atoms with Crippen LogP contribution in [0.25, 0.3) is 0 Å². The van der Waals surface area contributed by atoms with Gasteiger partial charge in [0.2, 0.25) is 0 Å². The number of nitrogens with zero attached hydrogens (tertiary/aromatic N) is 1. The Morgan fingerprint density at radius 3 is 2.82 bits per heavy atom. The maximum absolute atomic E-state index is 10.3. The van der Waals surface area contributed by atoms with Crippen molar-refractivity contribution in [1.29, 1.82) is 0 Å². The quantitative estimate of drug-likeness (QED) is 0.366. The fourth-order valence-electron chi connectivity index (χ4n) is 1.24. The summed E-state index contributed by atoms with van der Waals surface area (Å²) >= 11 is 0.408. The van der Waals surface area contributed by atoms with Crippen molar-refractivity contribution in [2.24, 2.45) is 0 Å². The average Bonchev–Trinajstić information content (AvgIpc) is 2.36. The monoisotopic (exact) mass is 174 g/mol. The Morgan fingerprint density at radius 2 is 2.27 bits per heavy atom. The lowest BCUT2D eigenvalue weighted by Gasteiger charge is -1.88. The van der Waals surface area contributed by atoms with Gasteiger partial charge in [0, 0.05) is 10.6 Å². The second-order valence-electron chi connectivity index (χ2n) is 2.42. The summed E-state index contributed by atoms with van der Waals surface area (Å²) < 4.78 is 10.1. The van der Waals surface area contributed by atoms with Gasteiger partial charge in [-0.1, -0.05) is 0 Å². The van der Waals surface area contributed by atoms with E-state index in [-0.39, 0.29) is 16.4 Å². The summed E-state index contributed by atoms with van der Waals surface area (Å²) in [6.45, 7) is 0. The van der Waals surface area contributed by atoms with Crippen molar-refractivity contribution in [3.8, 4) is 0 Å². The first-order valence-corrected chi connectivity index (χ1v) is 4.27. The van der Waals surface area contributed by atoms with Crippen LogP contribution in [-0.2, 0) is 15.9 Å². The van der Waals surface area contributed by atoms with E-state index in [4.69, 9.17) is 0 Å². The lowest BCUT2D eigenvalue weighted by molar-refractivity contribution is -0.427. The third-order valence-electron chi connectivity index (χ3n) is 1.75. The van der Waals surface area contributed by atoms with Crippen LogP contribution in [0, 0.1) is 10.1 Å². The van der Waals surface area contributed by atoms with Crippen molar-refractivity contribution >= 4 is 11.7 Å². The summed E-state index contributed by atoms with van der Waals surface area (Å²) in [6, 6.07) is 0. The van der Waals surface area contributed by atoms with E-state index in [9.17, 15) is 14.3 Å². The molecule has 0 saturated carbocycles. The highest BCUT2D eigenvalue weighted by Crippen LogP contribution is 2.25. The molecule has 0 spiro atoms. The minimum atomic E-state index is -0.363. The maximum Gasteiger partial charge on any atom is 0.463 e. The second-order valence-corrected chi connectivity index (χ2v) is 2.95. The first-order chi connectivity index (χ1) is 5.25. The molecule has 1 rings (SSSR count). The Balaban J connectivity index is 2.76. The smallest absolute Gasteiger partial charge is 0.259 e. The van der Waals surface area contributed by atoms with Gasteiger partial charge >= 0.3 is 11.7 Å². The molecule has 0 fully saturated rings. The predicted molar refractivity (Wildman–Crippen MR) is 40.8 cm³/mol. The first kappa shape index (κ1) is 8.26. The zero-order valence-electron chi connectivity index (χ0n) is 5.91. The molecule has 0 N–H and O–H groups in total. The summed E-state index contributed by atoms with van der Waals surface area (Å²) in [6.07, 6.45) is 2.08. The molecule has 0 aromatic rings. The minimum Gasteiger partial charge on any atom is -0.259 e. The number of rotatable bonds is 3. The SMILES string of the molecule is O=[S+]CC1=C([N+](=O)[O-])CCC1. The van der Waals surface area contributed by atoms with E-state index in [0.29, 0.717) is 18.1 Å². The van der Waals surface area contributed by atoms with Crippen molar-refractivity contribution in [2.45, 2.75) is 19.3 Å². The maximum atomic E-state index is 10.3. The van der Waals surface area contributed by atoms with Crippen LogP contribution in [0.1, 0.15) is 19.3 Å². The molecule has 0 saturated heterocycles. The van der Waals surface area contributed by atoms with Gasteiger partial charge in [-0.2, -0.15) is 0 Å². The molecule has 5 heteroatoms. The molecule has 0 unspecified atom stereocenters. The number of hydrogen-bond acceptors (Lipinski definition) is 3. The van der Waals surface area contributed by atoms with Crippen molar-refractivity contribution in [3.05, 3.63) is 21.4 Å². The molecule has 1 aliphatic rings. The average molecular weight is 174 g/mol. The predicted octanol–water partition coefficient (Wildman–Crippen LogP) is 1.13. The molecule has 0 atom stereocenters. The van der Waals surface area contributed by atoms with Crippen LogP contribution in [0.4, 0.5) is 0 Å². The molecule has 0 aromatic carbocycles. The highest BCUT2D eigenvalue weighted by Gasteiger charge is 2.27. The van der Waals surface area contributed by atoms with Gasteiger partial charge in [-0.15, -0.1) is 0 Å². The molecular weight excluding hydrogens is 166 g/mol. The molecule has 0 radical (unpaired) electrons. The van der Waals surface area contributed by atoms with Gasteiger partial charge in [0.15, 0.2) is 0 Å². The molecule has 0 aromatic heterocycles. The van der Waals surface area contributed by atoms with Crippen LogP contribution >= 0.6 is 0 Å². The van der Waals surface area contributed by atoms with Crippen LogP contribution in [0.5, 0.6) is 0 Å². The van der Waals surface area contributed by atoms with E-state index in [1.165, 1.54) is 0 Å². The standard InChI is InChI=1S/C6H8NO3S/c8-7(9)6-3-1-2-5(6)4-11-10/h1-4H2/q+1. The number of nitro groups is 1. The van der Waals surface area contributed by atoms with E-state index >= 15 is 0 Å². The highest BCUT2D eigenvalue weighted by molar-refractivity contribution is 7.65. The van der Waals surface area contributed by atoms with Crippen LogP contribution in [-0.4, -0.2) is 10.7 Å². The second kappa shape index (κ2) is 3.52. The molecule has 0 heterocycles. The van der Waals surface area contributed by atoms with E-state index in [1.54, 1.807) is 0 Å². The minimum absolute atomic E-state index is 0.272. The molecule has 0 bridgehead atoms. The third kappa shape index (κ3) is 1.80. The first-order valence-electron chi connectivity index (χ1n) is 3.35. The van der Waals surface area contributed by atoms with E-state index in [2.05, 4.69) is 0 Å². The Labute approximate surface area is 67.9 Å². The van der Waals surface area contributed by atoms with Crippen LogP contribution in [0.3, 0.4) is 0 Å². The summed E-state index contributed by atoms with van der Waals surface area (Å²) in [4.78, 5) is 9.96. The van der Waals surface area contributed by atoms with Crippen molar-refractivity contribution < 1.29 is 9.13 Å². The fourth-order valence-corrected chi connectivity index (χ4v) is 1.69. The third-order valence-corrected chi connectivity index (χ3v) is 2.22. The van der Waals surface area contributed by atoms with Crippen molar-refractivity contribution in [2.75, 3.05) is 5.75 Å². The zero-order valence-corrected chi connectivity index (χ0v) is 6.73. The van der Waals surface area contributed by atoms with Gasteiger partial charge in [0.25, 0.3) is 11.4 Å². The van der Waals surface area contributed by atoms with Gasteiger partial charge in [0.1, 0.15) is 0 Å². The van der Waals surface area contributed by atoms with E-state index < -0.39 is 0 Å². The van der Waals surface area contributed by atoms with Gasteiger partial charge in [0.05, 0.1) is 10.5 Å². The van der Waals surface area contributed by atoms with Crippen LogP contribution in [0.2, 0.25) is 0 Å². The van der Waals surface area contributed by atoms with Crippen LogP contribution in [0.15, 0.2) is 11.3 Å². The van der Waals surface area contributed by atoms with Gasteiger partial charge in [-0.05, 0) is 12.8 Å². The zero-order chi connectivity index (χ0) is 8.27. The van der Waals surface area contributed by atoms with Gasteiger partial charge in [-0.25, -0.2) is 0 Å². The Bertz CT molecular complexity index is 224. The highest BCUT2D eigenvalue weighted by atomic mass is 32.1. The number of hydrogen-bond donors (Lipinski definition) is 0. The fraction of sp³-hybridized carbons (Fsp3) is 0.667. The largest absolute Gasteiger partial charge is 0.463 e. The topological polar surface area (TPSA) is 60.2 Å².